The van der Waals surface area contributed by atoms with Gasteiger partial charge in [0, 0.05) is 30.6 Å². The second-order valence-electron chi connectivity index (χ2n) is 9.26. The molecule has 2 aromatic carbocycles. The molecule has 3 aromatic rings. The molecule has 1 aliphatic rings. The Bertz CT molecular complexity index is 1290. The SMILES string of the molecule is Cc1ncc(C(Cc2ccc(C#N)cc2)[N+]2(Cc3ccc(C(N)=O)cc3OC(F)(F)F)CCNCC2)[nH]1. The fourth-order valence-corrected chi connectivity index (χ4v) is 4.96. The van der Waals surface area contributed by atoms with Crippen molar-refractivity contribution in [3.63, 3.8) is 0 Å². The third-order valence-electron chi connectivity index (χ3n) is 6.79. The maximum atomic E-state index is 13.3. The van der Waals surface area contributed by atoms with Gasteiger partial charge in [-0.15, -0.1) is 13.2 Å². The Morgan fingerprint density at radius 1 is 1.22 bits per heavy atom. The zero-order valence-corrected chi connectivity index (χ0v) is 20.3. The second kappa shape index (κ2) is 10.6. The fraction of sp³-hybridized carbons (Fsp3) is 0.346. The molecule has 0 radical (unpaired) electrons. The van der Waals surface area contributed by atoms with Crippen molar-refractivity contribution in [2.45, 2.75) is 32.3 Å². The van der Waals surface area contributed by atoms with Crippen LogP contribution >= 0.6 is 0 Å². The number of aromatic amines is 1. The summed E-state index contributed by atoms with van der Waals surface area (Å²) in [4.78, 5) is 19.4. The molecule has 1 aromatic heterocycles. The smallest absolute Gasteiger partial charge is 0.405 e. The van der Waals surface area contributed by atoms with Crippen LogP contribution < -0.4 is 15.8 Å². The number of nitriles is 1. The number of primary amides is 1. The molecule has 2 heterocycles. The highest BCUT2D eigenvalue weighted by Gasteiger charge is 2.42. The largest absolute Gasteiger partial charge is 0.573 e. The zero-order valence-electron chi connectivity index (χ0n) is 20.3. The number of halogens is 3. The first-order valence-electron chi connectivity index (χ1n) is 11.8. The van der Waals surface area contributed by atoms with Crippen LogP contribution in [-0.4, -0.2) is 52.9 Å². The molecule has 37 heavy (non-hydrogen) atoms. The van der Waals surface area contributed by atoms with Crippen molar-refractivity contribution in [1.29, 1.82) is 5.26 Å². The number of carbonyl (C=O) groups excluding carboxylic acids is 1. The van der Waals surface area contributed by atoms with E-state index < -0.39 is 18.0 Å². The predicted molar refractivity (Wildman–Crippen MR) is 129 cm³/mol. The molecule has 1 fully saturated rings. The van der Waals surface area contributed by atoms with Crippen LogP contribution in [0.1, 0.15) is 44.6 Å². The molecule has 1 amide bonds. The van der Waals surface area contributed by atoms with Gasteiger partial charge in [-0.2, -0.15) is 5.26 Å². The maximum absolute atomic E-state index is 13.3. The highest BCUT2D eigenvalue weighted by Crippen LogP contribution is 2.37. The molecule has 4 rings (SSSR count). The van der Waals surface area contributed by atoms with Gasteiger partial charge in [0.25, 0.3) is 0 Å². The van der Waals surface area contributed by atoms with E-state index in [1.165, 1.54) is 12.1 Å². The average molecular weight is 514 g/mol. The molecule has 0 saturated carbocycles. The first-order valence-corrected chi connectivity index (χ1v) is 11.8. The monoisotopic (exact) mass is 513 g/mol. The molecule has 0 spiro atoms. The van der Waals surface area contributed by atoms with E-state index in [1.807, 2.05) is 19.1 Å². The number of aryl methyl sites for hydroxylation is 1. The van der Waals surface area contributed by atoms with Gasteiger partial charge < -0.3 is 25.3 Å². The molecule has 1 aliphatic heterocycles. The van der Waals surface area contributed by atoms with Gasteiger partial charge in [-0.25, -0.2) is 4.98 Å². The molecule has 1 unspecified atom stereocenters. The molecule has 194 valence electrons. The van der Waals surface area contributed by atoms with Crippen molar-refractivity contribution < 1.29 is 27.2 Å². The number of amides is 1. The quantitative estimate of drug-likeness (QED) is 0.399. The Morgan fingerprint density at radius 3 is 2.49 bits per heavy atom. The number of hydrogen-bond donors (Lipinski definition) is 3. The van der Waals surface area contributed by atoms with E-state index in [0.29, 0.717) is 48.2 Å². The number of quaternary nitrogens is 1. The Labute approximate surface area is 212 Å². The number of imidazole rings is 1. The molecule has 8 nitrogen and oxygen atoms in total. The number of nitrogens with two attached hydrogens (primary N) is 1. The number of alkyl halides is 3. The van der Waals surface area contributed by atoms with Crippen molar-refractivity contribution in [3.8, 4) is 11.8 Å². The lowest BCUT2D eigenvalue weighted by Crippen LogP contribution is -2.60. The van der Waals surface area contributed by atoms with Crippen molar-refractivity contribution >= 4 is 5.91 Å². The Balaban J connectivity index is 1.79. The van der Waals surface area contributed by atoms with Crippen LogP contribution in [0.2, 0.25) is 0 Å². The highest BCUT2D eigenvalue weighted by atomic mass is 19.4. The fourth-order valence-electron chi connectivity index (χ4n) is 4.96. The van der Waals surface area contributed by atoms with Crippen LogP contribution in [0.15, 0.2) is 48.7 Å². The number of rotatable bonds is 8. The zero-order chi connectivity index (χ0) is 26.6. The van der Waals surface area contributed by atoms with Gasteiger partial charge in [-0.05, 0) is 42.8 Å². The number of aromatic nitrogens is 2. The summed E-state index contributed by atoms with van der Waals surface area (Å²) in [6.07, 6.45) is -2.58. The molecular formula is C26H28F3N6O2+. The number of ether oxygens (including phenoxy) is 1. The van der Waals surface area contributed by atoms with Crippen LogP contribution in [0.25, 0.3) is 0 Å². The van der Waals surface area contributed by atoms with Gasteiger partial charge in [-0.1, -0.05) is 12.1 Å². The molecule has 1 saturated heterocycles. The van der Waals surface area contributed by atoms with Crippen LogP contribution in [0, 0.1) is 18.3 Å². The molecular weight excluding hydrogens is 485 g/mol. The van der Waals surface area contributed by atoms with Gasteiger partial charge in [0.2, 0.25) is 5.91 Å². The molecule has 1 atom stereocenters. The Morgan fingerprint density at radius 2 is 1.92 bits per heavy atom. The first-order chi connectivity index (χ1) is 17.6. The average Bonchev–Trinajstić information content (AvgIpc) is 3.29. The summed E-state index contributed by atoms with van der Waals surface area (Å²) in [5, 5.41) is 12.5. The van der Waals surface area contributed by atoms with Crippen LogP contribution in [0.5, 0.6) is 5.75 Å². The number of benzene rings is 2. The van der Waals surface area contributed by atoms with Gasteiger partial charge >= 0.3 is 6.36 Å². The van der Waals surface area contributed by atoms with Crippen LogP contribution in [0.4, 0.5) is 13.2 Å². The van der Waals surface area contributed by atoms with Crippen LogP contribution in [-0.2, 0) is 13.0 Å². The van der Waals surface area contributed by atoms with E-state index in [0.717, 1.165) is 23.1 Å². The number of carbonyl (C=O) groups is 1. The number of nitrogens with zero attached hydrogens (tertiary/aromatic N) is 3. The van der Waals surface area contributed by atoms with E-state index in [9.17, 15) is 18.0 Å². The van der Waals surface area contributed by atoms with Gasteiger partial charge in [0.1, 0.15) is 24.2 Å². The lowest BCUT2D eigenvalue weighted by molar-refractivity contribution is -0.971. The summed E-state index contributed by atoms with van der Waals surface area (Å²) in [7, 11) is 0. The minimum atomic E-state index is -4.93. The minimum Gasteiger partial charge on any atom is -0.405 e. The Hall–Kier alpha value is -3.88. The number of piperazine rings is 1. The van der Waals surface area contributed by atoms with Crippen molar-refractivity contribution in [2.24, 2.45) is 5.73 Å². The minimum absolute atomic E-state index is 0.0619. The molecule has 4 N–H and O–H groups in total. The summed E-state index contributed by atoms with van der Waals surface area (Å²) >= 11 is 0. The van der Waals surface area contributed by atoms with Crippen molar-refractivity contribution in [2.75, 3.05) is 26.2 Å². The number of H-pyrrole nitrogens is 1. The third-order valence-corrected chi connectivity index (χ3v) is 6.79. The summed E-state index contributed by atoms with van der Waals surface area (Å²) in [5.74, 6) is -0.533. The van der Waals surface area contributed by atoms with E-state index in [1.54, 1.807) is 18.3 Å². The van der Waals surface area contributed by atoms with Gasteiger partial charge in [-0.3, -0.25) is 4.79 Å². The number of hydrogen-bond acceptors (Lipinski definition) is 5. The van der Waals surface area contributed by atoms with Crippen molar-refractivity contribution in [3.05, 3.63) is 82.4 Å². The maximum Gasteiger partial charge on any atom is 0.573 e. The summed E-state index contributed by atoms with van der Waals surface area (Å²) in [6.45, 7) is 4.70. The van der Waals surface area contributed by atoms with Crippen molar-refractivity contribution in [1.82, 2.24) is 15.3 Å². The van der Waals surface area contributed by atoms with Crippen LogP contribution in [0.3, 0.4) is 0 Å². The summed E-state index contributed by atoms with van der Waals surface area (Å²) < 4.78 is 44.7. The predicted octanol–water partition coefficient (Wildman–Crippen LogP) is 3.49. The van der Waals surface area contributed by atoms with E-state index in [-0.39, 0.29) is 18.2 Å². The summed E-state index contributed by atoms with van der Waals surface area (Å²) in [6, 6.07) is 13.2. The lowest BCUT2D eigenvalue weighted by atomic mass is 9.96. The topological polar surface area (TPSA) is 117 Å². The third kappa shape index (κ3) is 6.28. The molecule has 11 heteroatoms. The molecule has 0 aliphatic carbocycles. The van der Waals surface area contributed by atoms with E-state index in [4.69, 9.17) is 11.0 Å². The normalized spacial score (nSPS) is 16.1. The number of nitrogens with one attached hydrogen (secondary N) is 2. The second-order valence-corrected chi connectivity index (χ2v) is 9.26. The van der Waals surface area contributed by atoms with Gasteiger partial charge in [0.05, 0.1) is 36.6 Å². The first kappa shape index (κ1) is 26.2. The standard InChI is InChI=1S/C26H27F3N6O2/c1-17-33-15-22(34-17)23(12-18-2-4-19(14-30)5-3-18)35(10-8-32-9-11-35)16-21-7-6-20(25(31)36)13-24(21)37-26(27,28)29/h2-7,13,15,23,32H,8-12,16H2,1H3,(H2-,31,33,34,36)/p+1. The van der Waals surface area contributed by atoms with Gasteiger partial charge in [0.15, 0.2) is 0 Å². The summed E-state index contributed by atoms with van der Waals surface area (Å²) in [5.41, 5.74) is 7.99. The van der Waals surface area contributed by atoms with E-state index in [2.05, 4.69) is 26.1 Å². The van der Waals surface area contributed by atoms with E-state index >= 15 is 0 Å². The molecule has 0 bridgehead atoms. The Kier molecular flexibility index (Phi) is 7.52. The highest BCUT2D eigenvalue weighted by molar-refractivity contribution is 5.93. The lowest BCUT2D eigenvalue weighted by Gasteiger charge is -2.47.